The molecule has 6 heteroatoms. The van der Waals surface area contributed by atoms with Gasteiger partial charge in [0.2, 0.25) is 0 Å². The smallest absolute Gasteiger partial charge is 0.335 e. The lowest BCUT2D eigenvalue weighted by Crippen LogP contribution is -2.10. The maximum absolute atomic E-state index is 10.9. The molecule has 6 N–H and O–H groups in total. The molecular weight excluding hydrogens is 284 g/mol. The molecule has 0 aliphatic heterocycles. The van der Waals surface area contributed by atoms with E-state index >= 15 is 0 Å². The molecule has 114 valence electrons. The Morgan fingerprint density at radius 2 is 1.91 bits per heavy atom. The summed E-state index contributed by atoms with van der Waals surface area (Å²) in [6, 6.07) is 4.57. The van der Waals surface area contributed by atoms with E-state index in [0.717, 1.165) is 11.1 Å². The number of aromatic carboxylic acids is 1. The third-order valence-corrected chi connectivity index (χ3v) is 3.43. The van der Waals surface area contributed by atoms with Gasteiger partial charge >= 0.3 is 11.9 Å². The fourth-order valence-electron chi connectivity index (χ4n) is 2.15. The van der Waals surface area contributed by atoms with Crippen molar-refractivity contribution in [2.45, 2.75) is 12.8 Å². The molecule has 0 fully saturated rings. The Kier molecular flexibility index (Phi) is 4.31. The van der Waals surface area contributed by atoms with Gasteiger partial charge in [-0.1, -0.05) is 18.2 Å². The highest BCUT2D eigenvalue weighted by Crippen LogP contribution is 2.22. The van der Waals surface area contributed by atoms with E-state index in [1.54, 1.807) is 12.1 Å². The van der Waals surface area contributed by atoms with Crippen LogP contribution in [-0.4, -0.2) is 22.2 Å². The number of nitrogens with two attached hydrogens (primary N) is 2. The topological polar surface area (TPSA) is 127 Å². The predicted molar refractivity (Wildman–Crippen MR) is 82.2 cm³/mol. The normalized spacial score (nSPS) is 16.1. The van der Waals surface area contributed by atoms with Gasteiger partial charge in [-0.3, -0.25) is 0 Å². The van der Waals surface area contributed by atoms with Crippen LogP contribution in [0.3, 0.4) is 0 Å². The van der Waals surface area contributed by atoms with Gasteiger partial charge in [-0.2, -0.15) is 0 Å². The average molecular weight is 300 g/mol. The number of anilines is 1. The minimum atomic E-state index is -1.03. The number of allylic oxidation sites excluding steroid dienone is 3. The number of nitrogen functional groups attached to an aromatic ring is 1. The van der Waals surface area contributed by atoms with Gasteiger partial charge in [0.1, 0.15) is 0 Å². The minimum Gasteiger partial charge on any atom is -0.478 e. The number of aliphatic carboxylic acids is 1. The van der Waals surface area contributed by atoms with Gasteiger partial charge < -0.3 is 21.7 Å². The minimum absolute atomic E-state index is 0.139. The first-order chi connectivity index (χ1) is 10.4. The van der Waals surface area contributed by atoms with Gasteiger partial charge in [0, 0.05) is 11.4 Å². The lowest BCUT2D eigenvalue weighted by Gasteiger charge is -2.12. The van der Waals surface area contributed by atoms with E-state index in [9.17, 15) is 9.59 Å². The SMILES string of the molecule is NC1=CC(C(=O)O)=CCC1=CCc1ccc(C(=O)O)cc1N. The van der Waals surface area contributed by atoms with Crippen LogP contribution >= 0.6 is 0 Å². The fraction of sp³-hybridized carbons (Fsp3) is 0.125. The number of hydrogen-bond acceptors (Lipinski definition) is 4. The van der Waals surface area contributed by atoms with Crippen LogP contribution in [0.1, 0.15) is 22.3 Å². The lowest BCUT2D eigenvalue weighted by atomic mass is 9.96. The molecule has 22 heavy (non-hydrogen) atoms. The van der Waals surface area contributed by atoms with E-state index in [2.05, 4.69) is 0 Å². The third kappa shape index (κ3) is 3.35. The molecule has 1 aliphatic carbocycles. The summed E-state index contributed by atoms with van der Waals surface area (Å²) in [6.07, 6.45) is 5.83. The molecule has 6 nitrogen and oxygen atoms in total. The van der Waals surface area contributed by atoms with Gasteiger partial charge in [-0.15, -0.1) is 0 Å². The molecule has 1 aromatic carbocycles. The number of benzene rings is 1. The van der Waals surface area contributed by atoms with E-state index in [1.807, 2.05) is 6.08 Å². The summed E-state index contributed by atoms with van der Waals surface area (Å²) in [5.41, 5.74) is 14.4. The zero-order valence-electron chi connectivity index (χ0n) is 11.7. The van der Waals surface area contributed by atoms with E-state index in [-0.39, 0.29) is 11.1 Å². The highest BCUT2D eigenvalue weighted by Gasteiger charge is 2.13. The number of carboxylic acid groups (broad SMARTS) is 2. The van der Waals surface area contributed by atoms with Crippen LogP contribution in [-0.2, 0) is 11.2 Å². The molecule has 0 spiro atoms. The lowest BCUT2D eigenvalue weighted by molar-refractivity contribution is -0.132. The molecule has 1 aliphatic rings. The van der Waals surface area contributed by atoms with Gasteiger partial charge in [-0.25, -0.2) is 9.59 Å². The molecule has 0 atom stereocenters. The second-order valence-corrected chi connectivity index (χ2v) is 4.92. The summed E-state index contributed by atoms with van der Waals surface area (Å²) in [6.45, 7) is 0. The van der Waals surface area contributed by atoms with Gasteiger partial charge in [-0.05, 0) is 42.2 Å². The summed E-state index contributed by atoms with van der Waals surface area (Å²) in [5, 5.41) is 17.8. The predicted octanol–water partition coefficient (Wildman–Crippen LogP) is 1.69. The first-order valence-corrected chi connectivity index (χ1v) is 6.60. The number of hydrogen-bond donors (Lipinski definition) is 4. The van der Waals surface area contributed by atoms with Crippen molar-refractivity contribution in [3.05, 3.63) is 64.4 Å². The molecule has 2 rings (SSSR count). The molecule has 0 aromatic heterocycles. The van der Waals surface area contributed by atoms with Crippen molar-refractivity contribution in [2.75, 3.05) is 5.73 Å². The van der Waals surface area contributed by atoms with Gasteiger partial charge in [0.15, 0.2) is 0 Å². The van der Waals surface area contributed by atoms with Crippen molar-refractivity contribution in [2.24, 2.45) is 5.73 Å². The van der Waals surface area contributed by atoms with Crippen LogP contribution in [0.15, 0.2) is 53.3 Å². The van der Waals surface area contributed by atoms with Crippen molar-refractivity contribution in [3.63, 3.8) is 0 Å². The Hall–Kier alpha value is -3.02. The second-order valence-electron chi connectivity index (χ2n) is 4.92. The summed E-state index contributed by atoms with van der Waals surface area (Å²) in [7, 11) is 0. The van der Waals surface area contributed by atoms with Crippen LogP contribution in [0.2, 0.25) is 0 Å². The van der Waals surface area contributed by atoms with Gasteiger partial charge in [0.05, 0.1) is 11.1 Å². The van der Waals surface area contributed by atoms with Crippen molar-refractivity contribution in [3.8, 4) is 0 Å². The van der Waals surface area contributed by atoms with Crippen molar-refractivity contribution in [1.29, 1.82) is 0 Å². The molecule has 0 heterocycles. The first kappa shape index (κ1) is 15.4. The van der Waals surface area contributed by atoms with Gasteiger partial charge in [0.25, 0.3) is 0 Å². The number of rotatable bonds is 4. The van der Waals surface area contributed by atoms with Crippen LogP contribution in [0, 0.1) is 0 Å². The molecule has 1 aromatic rings. The molecule has 0 saturated heterocycles. The Labute approximate surface area is 127 Å². The Morgan fingerprint density at radius 3 is 2.45 bits per heavy atom. The summed E-state index contributed by atoms with van der Waals surface area (Å²) in [4.78, 5) is 21.7. The van der Waals surface area contributed by atoms with E-state index in [1.165, 1.54) is 18.2 Å². The molecule has 0 saturated carbocycles. The number of carbonyl (C=O) groups is 2. The van der Waals surface area contributed by atoms with Crippen molar-refractivity contribution >= 4 is 17.6 Å². The van der Waals surface area contributed by atoms with Crippen LogP contribution in [0.25, 0.3) is 0 Å². The third-order valence-electron chi connectivity index (χ3n) is 3.43. The average Bonchev–Trinajstić information content (AvgIpc) is 2.46. The van der Waals surface area contributed by atoms with Crippen molar-refractivity contribution in [1.82, 2.24) is 0 Å². The molecular formula is C16H16N2O4. The Balaban J connectivity index is 2.15. The first-order valence-electron chi connectivity index (χ1n) is 6.60. The largest absolute Gasteiger partial charge is 0.478 e. The van der Waals surface area contributed by atoms with E-state index in [0.29, 0.717) is 24.2 Å². The standard InChI is InChI=1S/C16H16N2O4/c17-13-7-11(15(19)20)5-3-9(13)1-2-10-4-6-12(16(21)22)8-14(10)18/h1,4-8H,2-3,17-18H2,(H,19,20)(H,21,22). The Bertz CT molecular complexity index is 730. The molecule has 0 amide bonds. The number of carboxylic acids is 2. The molecule has 0 radical (unpaired) electrons. The maximum atomic E-state index is 10.9. The highest BCUT2D eigenvalue weighted by molar-refractivity contribution is 5.91. The fourth-order valence-corrected chi connectivity index (χ4v) is 2.15. The molecule has 0 unspecified atom stereocenters. The van der Waals surface area contributed by atoms with E-state index in [4.69, 9.17) is 21.7 Å². The zero-order chi connectivity index (χ0) is 16.3. The molecule has 0 bridgehead atoms. The highest BCUT2D eigenvalue weighted by atomic mass is 16.4. The summed E-state index contributed by atoms with van der Waals surface area (Å²) >= 11 is 0. The van der Waals surface area contributed by atoms with E-state index < -0.39 is 11.9 Å². The van der Waals surface area contributed by atoms with Crippen LogP contribution in [0.4, 0.5) is 5.69 Å². The van der Waals surface area contributed by atoms with Crippen molar-refractivity contribution < 1.29 is 19.8 Å². The monoisotopic (exact) mass is 300 g/mol. The maximum Gasteiger partial charge on any atom is 0.335 e. The summed E-state index contributed by atoms with van der Waals surface area (Å²) < 4.78 is 0. The van der Waals surface area contributed by atoms with Crippen LogP contribution < -0.4 is 11.5 Å². The van der Waals surface area contributed by atoms with Crippen LogP contribution in [0.5, 0.6) is 0 Å². The Morgan fingerprint density at radius 1 is 1.18 bits per heavy atom. The zero-order valence-corrected chi connectivity index (χ0v) is 11.7. The second kappa shape index (κ2) is 6.17. The quantitative estimate of drug-likeness (QED) is 0.627. The summed E-state index contributed by atoms with van der Waals surface area (Å²) in [5.74, 6) is -2.03.